The number of rotatable bonds is 0. The summed E-state index contributed by atoms with van der Waals surface area (Å²) in [5.41, 5.74) is 2.45. The van der Waals surface area contributed by atoms with Gasteiger partial charge in [-0.15, -0.1) is 0 Å². The van der Waals surface area contributed by atoms with Gasteiger partial charge in [0.2, 0.25) is 0 Å². The molecule has 13 heavy (non-hydrogen) atoms. The Bertz CT molecular complexity index is 405. The zero-order chi connectivity index (χ0) is 9.05. The van der Waals surface area contributed by atoms with E-state index in [-0.39, 0.29) is 5.41 Å². The Kier molecular flexibility index (Phi) is 1.33. The SMILES string of the molecule is O=C1Cc2cccc(Br)c2C12CC2. The summed E-state index contributed by atoms with van der Waals surface area (Å²) in [6.07, 6.45) is 2.76. The predicted molar refractivity (Wildman–Crippen MR) is 53.8 cm³/mol. The van der Waals surface area contributed by atoms with Crippen molar-refractivity contribution < 1.29 is 4.79 Å². The molecule has 2 aliphatic carbocycles. The van der Waals surface area contributed by atoms with Crippen molar-refractivity contribution in [2.45, 2.75) is 24.7 Å². The standard InChI is InChI=1S/C11H9BrO/c12-8-3-1-2-7-6-9(13)11(4-5-11)10(7)8/h1-3H,4-6H2. The van der Waals surface area contributed by atoms with Crippen LogP contribution in [0.4, 0.5) is 0 Å². The highest BCUT2D eigenvalue weighted by atomic mass is 79.9. The predicted octanol–water partition coefficient (Wildman–Crippen LogP) is 2.61. The van der Waals surface area contributed by atoms with Gasteiger partial charge in [-0.3, -0.25) is 4.79 Å². The molecule has 1 aromatic carbocycles. The van der Waals surface area contributed by atoms with Crippen molar-refractivity contribution in [3.8, 4) is 0 Å². The van der Waals surface area contributed by atoms with E-state index in [2.05, 4.69) is 22.0 Å². The molecular formula is C11H9BrO. The van der Waals surface area contributed by atoms with Crippen molar-refractivity contribution in [3.63, 3.8) is 0 Å². The number of ketones is 1. The maximum absolute atomic E-state index is 11.7. The molecule has 2 heteroatoms. The Morgan fingerprint density at radius 3 is 2.77 bits per heavy atom. The Morgan fingerprint density at radius 1 is 1.31 bits per heavy atom. The number of fused-ring (bicyclic) bond motifs is 2. The lowest BCUT2D eigenvalue weighted by atomic mass is 9.98. The molecule has 0 atom stereocenters. The lowest BCUT2D eigenvalue weighted by molar-refractivity contribution is -0.119. The largest absolute Gasteiger partial charge is 0.298 e. The van der Waals surface area contributed by atoms with Gasteiger partial charge in [0.15, 0.2) is 0 Å². The molecule has 2 aliphatic rings. The van der Waals surface area contributed by atoms with Crippen LogP contribution < -0.4 is 0 Å². The number of carbonyl (C=O) groups is 1. The van der Waals surface area contributed by atoms with E-state index in [4.69, 9.17) is 0 Å². The first-order chi connectivity index (χ1) is 6.24. The second kappa shape index (κ2) is 2.24. The van der Waals surface area contributed by atoms with Crippen LogP contribution in [0.5, 0.6) is 0 Å². The fraction of sp³-hybridized carbons (Fsp3) is 0.364. The minimum Gasteiger partial charge on any atom is -0.298 e. The normalized spacial score (nSPS) is 22.1. The topological polar surface area (TPSA) is 17.1 Å². The zero-order valence-electron chi connectivity index (χ0n) is 7.14. The lowest BCUT2D eigenvalue weighted by Gasteiger charge is -2.08. The van der Waals surface area contributed by atoms with Crippen LogP contribution >= 0.6 is 15.9 Å². The number of hydrogen-bond donors (Lipinski definition) is 0. The summed E-state index contributed by atoms with van der Waals surface area (Å²) in [4.78, 5) is 11.7. The molecule has 0 unspecified atom stereocenters. The molecule has 0 aliphatic heterocycles. The summed E-state index contributed by atoms with van der Waals surface area (Å²) in [6, 6.07) is 6.13. The van der Waals surface area contributed by atoms with E-state index in [1.54, 1.807) is 0 Å². The first-order valence-corrected chi connectivity index (χ1v) is 5.34. The summed E-state index contributed by atoms with van der Waals surface area (Å²) >= 11 is 3.54. The van der Waals surface area contributed by atoms with Crippen molar-refractivity contribution in [1.29, 1.82) is 0 Å². The highest BCUT2D eigenvalue weighted by Crippen LogP contribution is 2.56. The van der Waals surface area contributed by atoms with Crippen LogP contribution in [-0.4, -0.2) is 5.78 Å². The second-order valence-corrected chi connectivity index (χ2v) is 4.81. The summed E-state index contributed by atoms with van der Waals surface area (Å²) < 4.78 is 1.12. The molecule has 3 rings (SSSR count). The van der Waals surface area contributed by atoms with E-state index >= 15 is 0 Å². The van der Waals surface area contributed by atoms with Crippen molar-refractivity contribution in [2.75, 3.05) is 0 Å². The number of benzene rings is 1. The van der Waals surface area contributed by atoms with Crippen LogP contribution in [0.3, 0.4) is 0 Å². The van der Waals surface area contributed by atoms with Crippen LogP contribution in [0, 0.1) is 0 Å². The average Bonchev–Trinajstić information content (AvgIpc) is 2.79. The molecule has 1 nitrogen and oxygen atoms in total. The van der Waals surface area contributed by atoms with Crippen molar-refractivity contribution in [3.05, 3.63) is 33.8 Å². The summed E-state index contributed by atoms with van der Waals surface area (Å²) in [7, 11) is 0. The van der Waals surface area contributed by atoms with E-state index < -0.39 is 0 Å². The third-order valence-corrected chi connectivity index (χ3v) is 3.87. The van der Waals surface area contributed by atoms with Gasteiger partial charge in [-0.2, -0.15) is 0 Å². The summed E-state index contributed by atoms with van der Waals surface area (Å²) in [6.45, 7) is 0. The average molecular weight is 237 g/mol. The first kappa shape index (κ1) is 7.74. The first-order valence-electron chi connectivity index (χ1n) is 4.55. The Hall–Kier alpha value is -0.630. The third-order valence-electron chi connectivity index (χ3n) is 3.21. The summed E-state index contributed by atoms with van der Waals surface area (Å²) in [5, 5.41) is 0. The van der Waals surface area contributed by atoms with Crippen LogP contribution in [0.25, 0.3) is 0 Å². The Labute approximate surface area is 85.3 Å². The smallest absolute Gasteiger partial charge is 0.147 e. The molecule has 0 aromatic heterocycles. The lowest BCUT2D eigenvalue weighted by Crippen LogP contribution is -2.13. The van der Waals surface area contributed by atoms with Crippen LogP contribution in [-0.2, 0) is 16.6 Å². The Morgan fingerprint density at radius 2 is 2.08 bits per heavy atom. The van der Waals surface area contributed by atoms with Crippen molar-refractivity contribution in [1.82, 2.24) is 0 Å². The molecular weight excluding hydrogens is 228 g/mol. The van der Waals surface area contributed by atoms with E-state index in [1.807, 2.05) is 12.1 Å². The van der Waals surface area contributed by atoms with Gasteiger partial charge < -0.3 is 0 Å². The molecule has 0 amide bonds. The number of carbonyl (C=O) groups excluding carboxylic acids is 1. The summed E-state index contributed by atoms with van der Waals surface area (Å²) in [5.74, 6) is 0.425. The molecule has 0 saturated heterocycles. The molecule has 1 aromatic rings. The van der Waals surface area contributed by atoms with Crippen LogP contribution in [0.1, 0.15) is 24.0 Å². The van der Waals surface area contributed by atoms with Gasteiger partial charge in [0.1, 0.15) is 5.78 Å². The van der Waals surface area contributed by atoms with E-state index in [0.717, 1.165) is 17.3 Å². The van der Waals surface area contributed by atoms with Gasteiger partial charge in [0, 0.05) is 10.9 Å². The minimum atomic E-state index is -0.0601. The van der Waals surface area contributed by atoms with Gasteiger partial charge in [-0.1, -0.05) is 28.1 Å². The molecule has 0 bridgehead atoms. The molecule has 1 spiro atoms. The molecule has 0 heterocycles. The van der Waals surface area contributed by atoms with Gasteiger partial charge >= 0.3 is 0 Å². The van der Waals surface area contributed by atoms with E-state index in [0.29, 0.717) is 12.2 Å². The van der Waals surface area contributed by atoms with Crippen molar-refractivity contribution in [2.24, 2.45) is 0 Å². The molecule has 1 saturated carbocycles. The number of hydrogen-bond acceptors (Lipinski definition) is 1. The fourth-order valence-electron chi connectivity index (χ4n) is 2.39. The van der Waals surface area contributed by atoms with Gasteiger partial charge in [0.05, 0.1) is 5.41 Å². The van der Waals surface area contributed by atoms with Crippen LogP contribution in [0.15, 0.2) is 22.7 Å². The monoisotopic (exact) mass is 236 g/mol. The third kappa shape index (κ3) is 0.845. The maximum Gasteiger partial charge on any atom is 0.147 e. The second-order valence-electron chi connectivity index (χ2n) is 3.96. The number of Topliss-reactive ketones (excluding diaryl/α,β-unsaturated/α-hetero) is 1. The van der Waals surface area contributed by atoms with Gasteiger partial charge in [0.25, 0.3) is 0 Å². The molecule has 1 fully saturated rings. The van der Waals surface area contributed by atoms with E-state index in [1.165, 1.54) is 11.1 Å². The van der Waals surface area contributed by atoms with Gasteiger partial charge in [-0.05, 0) is 30.0 Å². The number of halogens is 1. The maximum atomic E-state index is 11.7. The Balaban J connectivity index is 2.30. The highest BCUT2D eigenvalue weighted by Gasteiger charge is 2.56. The van der Waals surface area contributed by atoms with E-state index in [9.17, 15) is 4.79 Å². The fourth-order valence-corrected chi connectivity index (χ4v) is 3.17. The van der Waals surface area contributed by atoms with Crippen molar-refractivity contribution >= 4 is 21.7 Å². The minimum absolute atomic E-state index is 0.0601. The molecule has 66 valence electrons. The zero-order valence-corrected chi connectivity index (χ0v) is 8.73. The molecule has 0 N–H and O–H groups in total. The molecule has 0 radical (unpaired) electrons. The van der Waals surface area contributed by atoms with Crippen LogP contribution in [0.2, 0.25) is 0 Å². The quantitative estimate of drug-likeness (QED) is 0.677. The van der Waals surface area contributed by atoms with Gasteiger partial charge in [-0.25, -0.2) is 0 Å². The highest BCUT2D eigenvalue weighted by molar-refractivity contribution is 9.10.